The van der Waals surface area contributed by atoms with Crippen molar-refractivity contribution >= 4 is 16.1 Å². The Morgan fingerprint density at radius 1 is 1.43 bits per heavy atom. The maximum atomic E-state index is 11.7. The largest absolute Gasteiger partial charge is 0.523 e. The highest BCUT2D eigenvalue weighted by atomic mass is 32.2. The zero-order valence-electron chi connectivity index (χ0n) is 6.57. The number of carbonyl (C=O) groups excluding carboxylic acids is 1. The van der Waals surface area contributed by atoms with E-state index in [9.17, 15) is 26.4 Å². The van der Waals surface area contributed by atoms with Crippen LogP contribution in [-0.2, 0) is 23.8 Å². The quantitative estimate of drug-likeness (QED) is 0.387. The number of rotatable bonds is 2. The van der Waals surface area contributed by atoms with Gasteiger partial charge in [-0.25, -0.2) is 8.98 Å². The smallest absolute Gasteiger partial charge is 0.464 e. The van der Waals surface area contributed by atoms with Crippen molar-refractivity contribution in [2.75, 3.05) is 6.61 Å². The second-order valence-corrected chi connectivity index (χ2v) is 4.00. The van der Waals surface area contributed by atoms with Crippen LogP contribution in [0.1, 0.15) is 6.42 Å². The van der Waals surface area contributed by atoms with E-state index in [0.717, 1.165) is 0 Å². The molecule has 0 saturated carbocycles. The van der Waals surface area contributed by atoms with Crippen molar-refractivity contribution in [3.8, 4) is 0 Å². The van der Waals surface area contributed by atoms with Gasteiger partial charge in [-0.3, -0.25) is 0 Å². The third kappa shape index (κ3) is 2.15. The van der Waals surface area contributed by atoms with Crippen molar-refractivity contribution in [3.63, 3.8) is 0 Å². The van der Waals surface area contributed by atoms with Crippen molar-refractivity contribution in [1.29, 1.82) is 0 Å². The molecule has 0 radical (unpaired) electrons. The van der Waals surface area contributed by atoms with Crippen molar-refractivity contribution in [1.82, 2.24) is 0 Å². The Bertz CT molecular complexity index is 332. The van der Waals surface area contributed by atoms with E-state index >= 15 is 0 Å². The van der Waals surface area contributed by atoms with E-state index in [1.807, 2.05) is 0 Å². The molecular weight excluding hydrogens is 229 g/mol. The van der Waals surface area contributed by atoms with E-state index in [1.54, 1.807) is 0 Å². The molecule has 1 aliphatic rings. The molecular formula is C5H5F3O5S. The average Bonchev–Trinajstić information content (AvgIpc) is 2.33. The zero-order chi connectivity index (χ0) is 11.0. The Morgan fingerprint density at radius 3 is 2.36 bits per heavy atom. The van der Waals surface area contributed by atoms with Gasteiger partial charge in [0.1, 0.15) is 0 Å². The van der Waals surface area contributed by atoms with Gasteiger partial charge in [-0.15, -0.1) is 0 Å². The Hall–Kier alpha value is -0.830. The molecule has 9 heteroatoms. The first-order valence-electron chi connectivity index (χ1n) is 3.40. The van der Waals surface area contributed by atoms with Gasteiger partial charge in [-0.05, 0) is 0 Å². The first kappa shape index (κ1) is 11.2. The van der Waals surface area contributed by atoms with Crippen LogP contribution in [-0.4, -0.2) is 32.6 Å². The molecule has 0 N–H and O–H groups in total. The van der Waals surface area contributed by atoms with Gasteiger partial charge < -0.3 is 4.74 Å². The van der Waals surface area contributed by atoms with E-state index < -0.39 is 27.7 Å². The van der Waals surface area contributed by atoms with E-state index in [-0.39, 0.29) is 13.0 Å². The SMILES string of the molecule is O=C1OCCC1OS(=O)(=O)C(F)(F)F. The van der Waals surface area contributed by atoms with Gasteiger partial charge >= 0.3 is 21.6 Å². The van der Waals surface area contributed by atoms with Crippen molar-refractivity contribution < 1.29 is 35.3 Å². The number of esters is 1. The molecule has 0 spiro atoms. The zero-order valence-corrected chi connectivity index (χ0v) is 7.39. The second kappa shape index (κ2) is 3.39. The van der Waals surface area contributed by atoms with E-state index in [4.69, 9.17) is 0 Å². The highest BCUT2D eigenvalue weighted by molar-refractivity contribution is 7.87. The summed E-state index contributed by atoms with van der Waals surface area (Å²) >= 11 is 0. The topological polar surface area (TPSA) is 69.7 Å². The summed E-state index contributed by atoms with van der Waals surface area (Å²) in [5.74, 6) is -1.10. The fourth-order valence-electron chi connectivity index (χ4n) is 0.772. The molecule has 0 amide bonds. The van der Waals surface area contributed by atoms with Crippen LogP contribution in [0.2, 0.25) is 0 Å². The summed E-state index contributed by atoms with van der Waals surface area (Å²) in [6.45, 7) is -0.142. The minimum atomic E-state index is -5.71. The lowest BCUT2D eigenvalue weighted by molar-refractivity contribution is -0.144. The van der Waals surface area contributed by atoms with Crippen LogP contribution in [0.5, 0.6) is 0 Å². The minimum Gasteiger partial charge on any atom is -0.464 e. The van der Waals surface area contributed by atoms with Crippen LogP contribution in [0.25, 0.3) is 0 Å². The minimum absolute atomic E-state index is 0.142. The van der Waals surface area contributed by atoms with Crippen molar-refractivity contribution in [2.45, 2.75) is 18.0 Å². The first-order chi connectivity index (χ1) is 6.24. The summed E-state index contributed by atoms with van der Waals surface area (Å²) in [6, 6.07) is 0. The lowest BCUT2D eigenvalue weighted by Crippen LogP contribution is -2.32. The van der Waals surface area contributed by atoms with Gasteiger partial charge in [0.15, 0.2) is 6.10 Å². The van der Waals surface area contributed by atoms with Crippen molar-refractivity contribution in [3.05, 3.63) is 0 Å². The highest BCUT2D eigenvalue weighted by Gasteiger charge is 2.50. The maximum absolute atomic E-state index is 11.7. The molecule has 0 aromatic heterocycles. The van der Waals surface area contributed by atoms with Crippen LogP contribution < -0.4 is 0 Å². The Labute approximate surface area is 76.9 Å². The first-order valence-corrected chi connectivity index (χ1v) is 4.81. The van der Waals surface area contributed by atoms with Gasteiger partial charge in [0.25, 0.3) is 0 Å². The molecule has 82 valence electrons. The molecule has 1 atom stereocenters. The maximum Gasteiger partial charge on any atom is 0.523 e. The normalized spacial score (nSPS) is 23.6. The molecule has 0 bridgehead atoms. The second-order valence-electron chi connectivity index (χ2n) is 2.44. The van der Waals surface area contributed by atoms with Crippen LogP contribution >= 0.6 is 0 Å². The van der Waals surface area contributed by atoms with Crippen molar-refractivity contribution in [2.24, 2.45) is 0 Å². The van der Waals surface area contributed by atoms with Gasteiger partial charge in [-0.1, -0.05) is 0 Å². The number of alkyl halides is 3. The lowest BCUT2D eigenvalue weighted by Gasteiger charge is -2.10. The molecule has 1 heterocycles. The molecule has 0 aliphatic carbocycles. The molecule has 5 nitrogen and oxygen atoms in total. The molecule has 1 saturated heterocycles. The number of halogens is 3. The number of ether oxygens (including phenoxy) is 1. The number of carbonyl (C=O) groups is 1. The summed E-state index contributed by atoms with van der Waals surface area (Å²) in [6.07, 6.45) is -1.88. The fraction of sp³-hybridized carbons (Fsp3) is 0.800. The van der Waals surface area contributed by atoms with Crippen LogP contribution in [0.4, 0.5) is 13.2 Å². The molecule has 0 aromatic carbocycles. The molecule has 1 unspecified atom stereocenters. The average molecular weight is 234 g/mol. The number of hydrogen-bond acceptors (Lipinski definition) is 5. The summed E-state index contributed by atoms with van der Waals surface area (Å²) in [4.78, 5) is 10.6. The molecule has 14 heavy (non-hydrogen) atoms. The third-order valence-electron chi connectivity index (χ3n) is 1.41. The van der Waals surface area contributed by atoms with Crippen LogP contribution in [0.15, 0.2) is 0 Å². The number of cyclic esters (lactones) is 1. The van der Waals surface area contributed by atoms with Gasteiger partial charge in [0.2, 0.25) is 0 Å². The summed E-state index contributed by atoms with van der Waals surface area (Å²) in [5.41, 5.74) is -5.52. The Balaban J connectivity index is 2.74. The lowest BCUT2D eigenvalue weighted by atomic mass is 10.3. The van der Waals surface area contributed by atoms with Gasteiger partial charge in [0, 0.05) is 6.42 Å². The Kier molecular flexibility index (Phi) is 2.72. The van der Waals surface area contributed by atoms with E-state index in [0.29, 0.717) is 0 Å². The number of hydrogen-bond donors (Lipinski definition) is 0. The third-order valence-corrected chi connectivity index (χ3v) is 2.47. The monoisotopic (exact) mass is 234 g/mol. The van der Waals surface area contributed by atoms with E-state index in [1.165, 1.54) is 0 Å². The summed E-state index contributed by atoms with van der Waals surface area (Å²) < 4.78 is 63.9. The van der Waals surface area contributed by atoms with Crippen LogP contribution in [0, 0.1) is 0 Å². The predicted molar refractivity (Wildman–Crippen MR) is 35.4 cm³/mol. The Morgan fingerprint density at radius 2 is 2.00 bits per heavy atom. The molecule has 1 aliphatic heterocycles. The fourth-order valence-corrected chi connectivity index (χ4v) is 1.36. The standard InChI is InChI=1S/C5H5F3O5S/c6-5(7,8)14(10,11)13-3-1-2-12-4(3)9/h3H,1-2H2. The summed E-state index contributed by atoms with van der Waals surface area (Å²) in [5, 5.41) is 0. The van der Waals surface area contributed by atoms with E-state index in [2.05, 4.69) is 8.92 Å². The summed E-state index contributed by atoms with van der Waals surface area (Å²) in [7, 11) is -5.71. The van der Waals surface area contributed by atoms with Gasteiger partial charge in [0.05, 0.1) is 6.61 Å². The molecule has 1 fully saturated rings. The van der Waals surface area contributed by atoms with Crippen LogP contribution in [0.3, 0.4) is 0 Å². The molecule has 1 rings (SSSR count). The van der Waals surface area contributed by atoms with Gasteiger partial charge in [-0.2, -0.15) is 21.6 Å². The molecule has 0 aromatic rings. The predicted octanol–water partition coefficient (Wildman–Crippen LogP) is 0.168. The highest BCUT2D eigenvalue weighted by Crippen LogP contribution is 2.27.